The van der Waals surface area contributed by atoms with Gasteiger partial charge in [-0.15, -0.1) is 0 Å². The zero-order chi connectivity index (χ0) is 17.2. The van der Waals surface area contributed by atoms with E-state index < -0.39 is 11.4 Å². The van der Waals surface area contributed by atoms with Crippen molar-refractivity contribution in [2.45, 2.75) is 39.7 Å². The molecule has 6 nitrogen and oxygen atoms in total. The number of aromatic nitrogens is 2. The Balaban J connectivity index is 2.36. The minimum atomic E-state index is -0.551. The highest BCUT2D eigenvalue weighted by Crippen LogP contribution is 2.15. The molecule has 124 valence electrons. The summed E-state index contributed by atoms with van der Waals surface area (Å²) in [4.78, 5) is 29.2. The maximum Gasteiger partial charge on any atom is 0.270 e. The number of carbonyl (C=O) groups excluding carboxylic acids is 1. The van der Waals surface area contributed by atoms with Crippen LogP contribution in [-0.4, -0.2) is 27.4 Å². The molecule has 1 unspecified atom stereocenters. The lowest BCUT2D eigenvalue weighted by Gasteiger charge is -2.31. The molecule has 0 radical (unpaired) electrons. The topological polar surface area (TPSA) is 89.5 Å². The average molecular weight is 316 g/mol. The standard InChI is InChI=1S/C17H24N4O2/c1-11(2)8-17(4,10-18)20-15(22)13-9-19-14-7-12(3)5-6-21(14)16(13)23/h5-7,9,11H,8,10,18H2,1-4H3,(H,20,22). The number of pyridine rings is 1. The molecule has 3 N–H and O–H groups in total. The first-order valence-corrected chi connectivity index (χ1v) is 7.76. The van der Waals surface area contributed by atoms with E-state index in [0.29, 0.717) is 18.1 Å². The van der Waals surface area contributed by atoms with Crippen molar-refractivity contribution in [3.05, 3.63) is 46.0 Å². The Morgan fingerprint density at radius 1 is 1.48 bits per heavy atom. The molecule has 2 aromatic rings. The summed E-state index contributed by atoms with van der Waals surface area (Å²) in [6.07, 6.45) is 3.70. The monoisotopic (exact) mass is 316 g/mol. The van der Waals surface area contributed by atoms with E-state index in [2.05, 4.69) is 24.1 Å². The number of rotatable bonds is 5. The van der Waals surface area contributed by atoms with E-state index in [9.17, 15) is 9.59 Å². The van der Waals surface area contributed by atoms with Crippen molar-refractivity contribution in [3.63, 3.8) is 0 Å². The first-order valence-electron chi connectivity index (χ1n) is 7.76. The highest BCUT2D eigenvalue weighted by atomic mass is 16.2. The molecule has 23 heavy (non-hydrogen) atoms. The van der Waals surface area contributed by atoms with Crippen LogP contribution in [0.1, 0.15) is 43.1 Å². The number of amides is 1. The normalized spacial score (nSPS) is 14.0. The van der Waals surface area contributed by atoms with Crippen LogP contribution in [0.3, 0.4) is 0 Å². The fraction of sp³-hybridized carbons (Fsp3) is 0.471. The number of nitrogens with two attached hydrogens (primary N) is 1. The minimum Gasteiger partial charge on any atom is -0.345 e. The van der Waals surface area contributed by atoms with E-state index in [1.165, 1.54) is 10.6 Å². The third-order valence-electron chi connectivity index (χ3n) is 3.83. The molecule has 0 aliphatic heterocycles. The molecule has 0 fully saturated rings. The summed E-state index contributed by atoms with van der Waals surface area (Å²) in [7, 11) is 0. The number of aryl methyl sites for hydroxylation is 1. The Morgan fingerprint density at radius 3 is 2.78 bits per heavy atom. The van der Waals surface area contributed by atoms with Crippen LogP contribution < -0.4 is 16.6 Å². The van der Waals surface area contributed by atoms with Gasteiger partial charge in [-0.1, -0.05) is 13.8 Å². The Morgan fingerprint density at radius 2 is 2.17 bits per heavy atom. The van der Waals surface area contributed by atoms with E-state index in [4.69, 9.17) is 5.73 Å². The molecule has 0 aromatic carbocycles. The van der Waals surface area contributed by atoms with E-state index in [1.54, 1.807) is 18.3 Å². The van der Waals surface area contributed by atoms with Crippen LogP contribution in [0.4, 0.5) is 0 Å². The highest BCUT2D eigenvalue weighted by Gasteiger charge is 2.27. The van der Waals surface area contributed by atoms with Crippen LogP contribution in [0.5, 0.6) is 0 Å². The Kier molecular flexibility index (Phi) is 4.85. The summed E-state index contributed by atoms with van der Waals surface area (Å²) in [6, 6.07) is 3.60. The third-order valence-corrected chi connectivity index (χ3v) is 3.83. The predicted octanol–water partition coefficient (Wildman–Crippen LogP) is 1.50. The summed E-state index contributed by atoms with van der Waals surface area (Å²) in [5.74, 6) is -0.0614. The number of carbonyl (C=O) groups is 1. The van der Waals surface area contributed by atoms with Gasteiger partial charge in [0.15, 0.2) is 0 Å². The van der Waals surface area contributed by atoms with E-state index in [1.807, 2.05) is 13.8 Å². The van der Waals surface area contributed by atoms with Crippen LogP contribution in [0, 0.1) is 12.8 Å². The molecule has 2 rings (SSSR count). The molecule has 0 saturated heterocycles. The van der Waals surface area contributed by atoms with Crippen LogP contribution in [0.25, 0.3) is 5.65 Å². The molecule has 0 saturated carbocycles. The van der Waals surface area contributed by atoms with Crippen molar-refractivity contribution in [1.29, 1.82) is 0 Å². The molecule has 0 spiro atoms. The SMILES string of the molecule is Cc1ccn2c(=O)c(C(=O)NC(C)(CN)CC(C)C)cnc2c1. The van der Waals surface area contributed by atoms with Gasteiger partial charge in [-0.2, -0.15) is 0 Å². The summed E-state index contributed by atoms with van der Waals surface area (Å²) in [5.41, 5.74) is 6.43. The van der Waals surface area contributed by atoms with Gasteiger partial charge in [0.1, 0.15) is 11.2 Å². The molecular formula is C17H24N4O2. The third kappa shape index (κ3) is 3.76. The second-order valence-corrected chi connectivity index (χ2v) is 6.73. The largest absolute Gasteiger partial charge is 0.345 e. The molecule has 6 heteroatoms. The zero-order valence-electron chi connectivity index (χ0n) is 14.1. The lowest BCUT2D eigenvalue weighted by Crippen LogP contribution is -2.53. The number of hydrogen-bond acceptors (Lipinski definition) is 4. The van der Waals surface area contributed by atoms with Gasteiger partial charge < -0.3 is 11.1 Å². The second-order valence-electron chi connectivity index (χ2n) is 6.73. The van der Waals surface area contributed by atoms with Gasteiger partial charge >= 0.3 is 0 Å². The van der Waals surface area contributed by atoms with Crippen LogP contribution in [0.2, 0.25) is 0 Å². The van der Waals surface area contributed by atoms with Crippen molar-refractivity contribution in [1.82, 2.24) is 14.7 Å². The Bertz CT molecular complexity index is 782. The molecule has 2 aromatic heterocycles. The van der Waals surface area contributed by atoms with Crippen LogP contribution >= 0.6 is 0 Å². The Hall–Kier alpha value is -2.21. The second kappa shape index (κ2) is 6.50. The fourth-order valence-electron chi connectivity index (χ4n) is 2.76. The summed E-state index contributed by atoms with van der Waals surface area (Å²) >= 11 is 0. The zero-order valence-corrected chi connectivity index (χ0v) is 14.1. The molecular weight excluding hydrogens is 292 g/mol. The van der Waals surface area contributed by atoms with Gasteiger partial charge in [0.25, 0.3) is 11.5 Å². The maximum absolute atomic E-state index is 12.5. The molecule has 2 heterocycles. The number of nitrogens with zero attached hydrogens (tertiary/aromatic N) is 2. The number of hydrogen-bond donors (Lipinski definition) is 2. The molecule has 1 amide bonds. The Labute approximate surface area is 135 Å². The van der Waals surface area contributed by atoms with Crippen molar-refractivity contribution in [2.24, 2.45) is 11.7 Å². The van der Waals surface area contributed by atoms with E-state index >= 15 is 0 Å². The first-order chi connectivity index (χ1) is 10.8. The van der Waals surface area contributed by atoms with E-state index in [-0.39, 0.29) is 11.1 Å². The van der Waals surface area contributed by atoms with Crippen molar-refractivity contribution in [3.8, 4) is 0 Å². The van der Waals surface area contributed by atoms with Gasteiger partial charge in [0.05, 0.1) is 0 Å². The summed E-state index contributed by atoms with van der Waals surface area (Å²) in [6.45, 7) is 8.24. The van der Waals surface area contributed by atoms with Gasteiger partial charge in [-0.05, 0) is 43.9 Å². The van der Waals surface area contributed by atoms with Gasteiger partial charge in [0, 0.05) is 24.5 Å². The lowest BCUT2D eigenvalue weighted by molar-refractivity contribution is 0.0896. The number of fused-ring (bicyclic) bond motifs is 1. The van der Waals surface area contributed by atoms with Gasteiger partial charge in [-0.25, -0.2) is 4.98 Å². The fourth-order valence-corrected chi connectivity index (χ4v) is 2.76. The molecule has 1 atom stereocenters. The lowest BCUT2D eigenvalue weighted by atomic mass is 9.90. The quantitative estimate of drug-likeness (QED) is 0.874. The molecule has 0 bridgehead atoms. The van der Waals surface area contributed by atoms with Gasteiger partial charge in [0.2, 0.25) is 0 Å². The first kappa shape index (κ1) is 17.1. The van der Waals surface area contributed by atoms with Gasteiger partial charge in [-0.3, -0.25) is 14.0 Å². The van der Waals surface area contributed by atoms with Crippen LogP contribution in [0.15, 0.2) is 29.3 Å². The highest BCUT2D eigenvalue weighted by molar-refractivity contribution is 5.94. The van der Waals surface area contributed by atoms with Crippen LogP contribution in [-0.2, 0) is 0 Å². The summed E-state index contributed by atoms with van der Waals surface area (Å²) in [5, 5.41) is 2.89. The number of nitrogens with one attached hydrogen (secondary N) is 1. The predicted molar refractivity (Wildman–Crippen MR) is 90.6 cm³/mol. The molecule has 0 aliphatic carbocycles. The molecule has 0 aliphatic rings. The van der Waals surface area contributed by atoms with Crippen molar-refractivity contribution in [2.75, 3.05) is 6.54 Å². The smallest absolute Gasteiger partial charge is 0.270 e. The van der Waals surface area contributed by atoms with Crippen molar-refractivity contribution < 1.29 is 4.79 Å². The van der Waals surface area contributed by atoms with Crippen molar-refractivity contribution >= 4 is 11.6 Å². The minimum absolute atomic E-state index is 0.0229. The maximum atomic E-state index is 12.5. The average Bonchev–Trinajstić information content (AvgIpc) is 2.46. The van der Waals surface area contributed by atoms with E-state index in [0.717, 1.165) is 12.0 Å². The summed E-state index contributed by atoms with van der Waals surface area (Å²) < 4.78 is 1.38.